The Balaban J connectivity index is 1.54. The van der Waals surface area contributed by atoms with Crippen LogP contribution in [0.25, 0.3) is 21.3 Å². The Morgan fingerprint density at radius 2 is 1.93 bits per heavy atom. The molecule has 29 heavy (non-hydrogen) atoms. The van der Waals surface area contributed by atoms with E-state index in [9.17, 15) is 4.79 Å². The summed E-state index contributed by atoms with van der Waals surface area (Å²) >= 11 is 9.14. The van der Waals surface area contributed by atoms with Crippen molar-refractivity contribution in [3.8, 4) is 11.1 Å². The quantitative estimate of drug-likeness (QED) is 0.290. The third-order valence-corrected chi connectivity index (χ3v) is 6.78. The minimum Gasteiger partial charge on any atom is -0.325 e. The number of aryl methyl sites for hydroxylation is 2. The van der Waals surface area contributed by atoms with Gasteiger partial charge in [-0.05, 0) is 37.1 Å². The average Bonchev–Trinajstić information content (AvgIpc) is 3.15. The van der Waals surface area contributed by atoms with Gasteiger partial charge in [-0.25, -0.2) is 9.97 Å². The molecule has 7 heteroatoms. The van der Waals surface area contributed by atoms with Gasteiger partial charge in [0.15, 0.2) is 0 Å². The van der Waals surface area contributed by atoms with Crippen LogP contribution in [-0.4, -0.2) is 21.6 Å². The van der Waals surface area contributed by atoms with Crippen molar-refractivity contribution in [2.45, 2.75) is 18.9 Å². The van der Waals surface area contributed by atoms with Crippen LogP contribution in [-0.2, 0) is 4.79 Å². The Morgan fingerprint density at radius 1 is 1.14 bits per heavy atom. The Labute approximate surface area is 182 Å². The van der Waals surface area contributed by atoms with Crippen LogP contribution in [0.1, 0.15) is 11.1 Å². The average molecular weight is 440 g/mol. The van der Waals surface area contributed by atoms with Gasteiger partial charge in [0.2, 0.25) is 5.91 Å². The number of carbonyl (C=O) groups excluding carboxylic acids is 1. The predicted molar refractivity (Wildman–Crippen MR) is 123 cm³/mol. The van der Waals surface area contributed by atoms with Crippen molar-refractivity contribution >= 4 is 56.5 Å². The number of nitrogens with one attached hydrogen (secondary N) is 1. The molecule has 2 aromatic carbocycles. The Hall–Kier alpha value is -2.41. The molecule has 0 saturated heterocycles. The van der Waals surface area contributed by atoms with Crippen LogP contribution in [0.3, 0.4) is 0 Å². The van der Waals surface area contributed by atoms with E-state index in [4.69, 9.17) is 11.6 Å². The van der Waals surface area contributed by atoms with E-state index in [1.165, 1.54) is 17.3 Å². The van der Waals surface area contributed by atoms with Gasteiger partial charge < -0.3 is 5.32 Å². The summed E-state index contributed by atoms with van der Waals surface area (Å²) in [6.07, 6.45) is 1.55. The van der Waals surface area contributed by atoms with Crippen LogP contribution in [0.15, 0.2) is 59.2 Å². The van der Waals surface area contributed by atoms with Gasteiger partial charge in [0.25, 0.3) is 0 Å². The molecule has 2 heterocycles. The summed E-state index contributed by atoms with van der Waals surface area (Å²) < 4.78 is 0. The zero-order valence-corrected chi connectivity index (χ0v) is 18.3. The molecule has 0 radical (unpaired) electrons. The van der Waals surface area contributed by atoms with Gasteiger partial charge in [0.1, 0.15) is 16.2 Å². The number of halogens is 1. The number of carbonyl (C=O) groups is 1. The van der Waals surface area contributed by atoms with Gasteiger partial charge in [0, 0.05) is 21.7 Å². The van der Waals surface area contributed by atoms with Gasteiger partial charge >= 0.3 is 0 Å². The predicted octanol–water partition coefficient (Wildman–Crippen LogP) is 6.36. The Kier molecular flexibility index (Phi) is 5.85. The minimum atomic E-state index is -0.103. The topological polar surface area (TPSA) is 54.9 Å². The zero-order valence-electron chi connectivity index (χ0n) is 15.9. The molecule has 146 valence electrons. The Morgan fingerprint density at radius 3 is 2.69 bits per heavy atom. The van der Waals surface area contributed by atoms with Gasteiger partial charge in [-0.15, -0.1) is 11.3 Å². The van der Waals surface area contributed by atoms with Gasteiger partial charge in [-0.3, -0.25) is 4.79 Å². The smallest absolute Gasteiger partial charge is 0.234 e. The number of rotatable bonds is 5. The lowest BCUT2D eigenvalue weighted by Gasteiger charge is -2.08. The van der Waals surface area contributed by atoms with Crippen LogP contribution in [0.4, 0.5) is 5.69 Å². The molecule has 1 N–H and O–H groups in total. The monoisotopic (exact) mass is 439 g/mol. The van der Waals surface area contributed by atoms with Crippen LogP contribution in [0, 0.1) is 13.8 Å². The molecule has 0 atom stereocenters. The van der Waals surface area contributed by atoms with Crippen molar-refractivity contribution in [1.82, 2.24) is 9.97 Å². The van der Waals surface area contributed by atoms with Gasteiger partial charge in [0.05, 0.1) is 11.1 Å². The number of nitrogens with zero attached hydrogens (tertiary/aromatic N) is 2. The van der Waals surface area contributed by atoms with E-state index in [2.05, 4.69) is 51.9 Å². The van der Waals surface area contributed by atoms with Crippen molar-refractivity contribution in [3.63, 3.8) is 0 Å². The summed E-state index contributed by atoms with van der Waals surface area (Å²) in [7, 11) is 0. The summed E-state index contributed by atoms with van der Waals surface area (Å²) in [4.78, 5) is 22.2. The number of hydrogen-bond acceptors (Lipinski definition) is 5. The zero-order chi connectivity index (χ0) is 20.4. The number of benzene rings is 2. The van der Waals surface area contributed by atoms with E-state index < -0.39 is 0 Å². The standard InChI is InChI=1S/C22H18ClN3OS2/c1-13-3-6-15(7-4-13)17-10-28-21-20(17)22(25-12-24-21)29-11-19(27)26-16-8-5-14(2)18(23)9-16/h3-10,12H,11H2,1-2H3,(H,26,27). The number of thioether (sulfide) groups is 1. The molecule has 0 bridgehead atoms. The molecule has 0 aliphatic rings. The molecule has 0 fully saturated rings. The number of amides is 1. The lowest BCUT2D eigenvalue weighted by atomic mass is 10.1. The van der Waals surface area contributed by atoms with Crippen LogP contribution >= 0.6 is 34.7 Å². The Bertz CT molecular complexity index is 1190. The van der Waals surface area contributed by atoms with E-state index in [0.717, 1.165) is 31.9 Å². The van der Waals surface area contributed by atoms with E-state index in [1.807, 2.05) is 19.1 Å². The van der Waals surface area contributed by atoms with Gasteiger partial charge in [-0.2, -0.15) is 0 Å². The van der Waals surface area contributed by atoms with Crippen molar-refractivity contribution in [3.05, 3.63) is 70.3 Å². The maximum absolute atomic E-state index is 12.4. The van der Waals surface area contributed by atoms with Crippen LogP contribution < -0.4 is 5.32 Å². The highest BCUT2D eigenvalue weighted by Gasteiger charge is 2.15. The van der Waals surface area contributed by atoms with Gasteiger partial charge in [-0.1, -0.05) is 59.3 Å². The lowest BCUT2D eigenvalue weighted by molar-refractivity contribution is -0.113. The normalized spacial score (nSPS) is 11.0. The molecule has 0 aliphatic heterocycles. The van der Waals surface area contributed by atoms with E-state index in [1.54, 1.807) is 23.7 Å². The highest BCUT2D eigenvalue weighted by atomic mass is 35.5. The molecule has 0 saturated carbocycles. The fraction of sp³-hybridized carbons (Fsp3) is 0.136. The summed E-state index contributed by atoms with van der Waals surface area (Å²) in [5, 5.41) is 7.43. The lowest BCUT2D eigenvalue weighted by Crippen LogP contribution is -2.14. The summed E-state index contributed by atoms with van der Waals surface area (Å²) in [6.45, 7) is 4.00. The molecule has 4 aromatic rings. The fourth-order valence-corrected chi connectivity index (χ4v) is 4.88. The first-order valence-electron chi connectivity index (χ1n) is 8.99. The first-order valence-corrected chi connectivity index (χ1v) is 11.2. The third kappa shape index (κ3) is 4.45. The summed E-state index contributed by atoms with van der Waals surface area (Å²) in [6, 6.07) is 13.9. The van der Waals surface area contributed by atoms with Crippen molar-refractivity contribution in [2.75, 3.05) is 11.1 Å². The van der Waals surface area contributed by atoms with E-state index >= 15 is 0 Å². The maximum Gasteiger partial charge on any atom is 0.234 e. The summed E-state index contributed by atoms with van der Waals surface area (Å²) in [5.41, 5.74) is 5.10. The van der Waals surface area contributed by atoms with E-state index in [-0.39, 0.29) is 11.7 Å². The van der Waals surface area contributed by atoms with Crippen LogP contribution in [0.2, 0.25) is 5.02 Å². The second-order valence-corrected chi connectivity index (χ2v) is 8.90. The number of anilines is 1. The SMILES string of the molecule is Cc1ccc(-c2csc3ncnc(SCC(=O)Nc4ccc(C)c(Cl)c4)c23)cc1. The van der Waals surface area contributed by atoms with Crippen molar-refractivity contribution < 1.29 is 4.79 Å². The molecule has 0 unspecified atom stereocenters. The number of aromatic nitrogens is 2. The van der Waals surface area contributed by atoms with E-state index in [0.29, 0.717) is 10.7 Å². The maximum atomic E-state index is 12.4. The molecular weight excluding hydrogens is 422 g/mol. The molecule has 4 nitrogen and oxygen atoms in total. The molecule has 4 rings (SSSR count). The molecule has 0 aliphatic carbocycles. The fourth-order valence-electron chi connectivity index (χ4n) is 2.90. The largest absolute Gasteiger partial charge is 0.325 e. The minimum absolute atomic E-state index is 0.103. The highest BCUT2D eigenvalue weighted by Crippen LogP contribution is 2.37. The second kappa shape index (κ2) is 8.53. The highest BCUT2D eigenvalue weighted by molar-refractivity contribution is 8.00. The first kappa shape index (κ1) is 19.9. The molecule has 0 spiro atoms. The number of fused-ring (bicyclic) bond motifs is 1. The van der Waals surface area contributed by atoms with Crippen molar-refractivity contribution in [2.24, 2.45) is 0 Å². The third-order valence-electron chi connectivity index (χ3n) is 4.49. The molecule has 1 amide bonds. The van der Waals surface area contributed by atoms with Crippen LogP contribution in [0.5, 0.6) is 0 Å². The van der Waals surface area contributed by atoms with Crippen molar-refractivity contribution in [1.29, 1.82) is 0 Å². The molecule has 2 aromatic heterocycles. The molecular formula is C22H18ClN3OS2. The second-order valence-electron chi connectivity index (χ2n) is 6.68. The number of thiophene rings is 1. The first-order chi connectivity index (χ1) is 14.0. The number of hydrogen-bond donors (Lipinski definition) is 1. The summed E-state index contributed by atoms with van der Waals surface area (Å²) in [5.74, 6) is 0.148.